The number of hydroxylamine groups is 1. The summed E-state index contributed by atoms with van der Waals surface area (Å²) in [6.07, 6.45) is 6.82. The van der Waals surface area contributed by atoms with E-state index in [0.717, 1.165) is 15.9 Å². The van der Waals surface area contributed by atoms with Crippen LogP contribution in [0.4, 0.5) is 0 Å². The van der Waals surface area contributed by atoms with Crippen LogP contribution in [0.5, 0.6) is 0 Å². The van der Waals surface area contributed by atoms with Gasteiger partial charge in [0.15, 0.2) is 21.5 Å². The molecule has 0 radical (unpaired) electrons. The van der Waals surface area contributed by atoms with E-state index in [1.807, 2.05) is 36.6 Å². The summed E-state index contributed by atoms with van der Waals surface area (Å²) >= 11 is 1.35. The number of thioether (sulfide) groups is 1. The third kappa shape index (κ3) is 2.85. The predicted molar refractivity (Wildman–Crippen MR) is 67.5 cm³/mol. The van der Waals surface area contributed by atoms with Crippen molar-refractivity contribution in [2.24, 2.45) is 0 Å². The van der Waals surface area contributed by atoms with Crippen molar-refractivity contribution < 1.29 is 33.3 Å². The molecule has 9 heteroatoms. The number of hydrazine groups is 1. The van der Waals surface area contributed by atoms with E-state index in [9.17, 15) is 14.0 Å². The maximum absolute atomic E-state index is 10.9. The Morgan fingerprint density at radius 3 is 2.76 bits per heavy atom. The van der Waals surface area contributed by atoms with Gasteiger partial charge >= 0.3 is 5.84 Å². The van der Waals surface area contributed by atoms with Crippen molar-refractivity contribution in [1.29, 1.82) is 0 Å². The highest BCUT2D eigenvalue weighted by atomic mass is 35.7. The Morgan fingerprint density at radius 2 is 2.05 bits per heavy atom. The molecule has 2 aliphatic rings. The zero-order valence-electron chi connectivity index (χ0n) is 10.9. The van der Waals surface area contributed by atoms with Gasteiger partial charge < -0.3 is 0 Å². The fourth-order valence-electron chi connectivity index (χ4n) is 2.07. The molecular weight excluding hydrogens is 318 g/mol. The Morgan fingerprint density at radius 1 is 1.29 bits per heavy atom. The van der Waals surface area contributed by atoms with Gasteiger partial charge in [0.1, 0.15) is 10.6 Å². The molecule has 0 fully saturated rings. The minimum absolute atomic E-state index is 0.401. The van der Waals surface area contributed by atoms with Crippen molar-refractivity contribution >= 4 is 23.7 Å². The number of halogens is 1. The highest BCUT2D eigenvalue weighted by molar-refractivity contribution is 8.02. The first-order valence-electron chi connectivity index (χ1n) is 5.84. The van der Waals surface area contributed by atoms with Crippen molar-refractivity contribution in [3.8, 4) is 0 Å². The van der Waals surface area contributed by atoms with Crippen molar-refractivity contribution in [1.82, 2.24) is 10.4 Å². The number of hydrogen-bond acceptors (Lipinski definition) is 7. The molecule has 0 spiro atoms. The molecule has 1 aromatic carbocycles. The first-order valence-corrected chi connectivity index (χ1v) is 8.30. The van der Waals surface area contributed by atoms with Crippen molar-refractivity contribution in [3.05, 3.63) is 52.8 Å². The molecule has 1 N–H and O–H groups in total. The zero-order chi connectivity index (χ0) is 15.0. The lowest BCUT2D eigenvalue weighted by atomic mass is 10.0. The maximum Gasteiger partial charge on any atom is 0.367 e. The van der Waals surface area contributed by atoms with Gasteiger partial charge in [-0.3, -0.25) is 0 Å². The summed E-state index contributed by atoms with van der Waals surface area (Å²) in [5.41, 5.74) is 4.70. The van der Waals surface area contributed by atoms with Gasteiger partial charge in [-0.05, 0) is 24.0 Å². The maximum atomic E-state index is 10.9. The Hall–Kier alpha value is -1.71. The number of fused-ring (bicyclic) bond motifs is 3. The van der Waals surface area contributed by atoms with Crippen LogP contribution in [0, 0.1) is 10.2 Å². The molecule has 0 amide bonds. The second kappa shape index (κ2) is 5.24. The predicted octanol–water partition coefficient (Wildman–Crippen LogP) is -1.76. The van der Waals surface area contributed by atoms with E-state index in [2.05, 4.69) is 9.82 Å². The van der Waals surface area contributed by atoms with E-state index >= 15 is 0 Å². The summed E-state index contributed by atoms with van der Waals surface area (Å²) in [7, 11) is -4.60. The average Bonchev–Trinajstić information content (AvgIpc) is 2.44. The number of benzene rings is 1. The number of nitrogens with one attached hydrogen (secondary N) is 1. The first kappa shape index (κ1) is 14.2. The SMILES string of the molecule is CSC1=C[N+](O[Cl+3]([O-])([O-])[O-])=C2c3ccccc3C=CN2N1. The van der Waals surface area contributed by atoms with E-state index in [0.29, 0.717) is 10.9 Å². The molecule has 0 bridgehead atoms. The summed E-state index contributed by atoms with van der Waals surface area (Å²) in [5, 5.41) is 2.22. The van der Waals surface area contributed by atoms with Crippen LogP contribution in [0.2, 0.25) is 0 Å². The third-order valence-electron chi connectivity index (χ3n) is 2.89. The second-order valence-corrected chi connectivity index (χ2v) is 5.92. The molecule has 0 saturated heterocycles. The lowest BCUT2D eigenvalue weighted by molar-refractivity contribution is -1.94. The fraction of sp³-hybridized carbons (Fsp3) is 0.0833. The quantitative estimate of drug-likeness (QED) is 0.657. The van der Waals surface area contributed by atoms with Crippen LogP contribution >= 0.6 is 11.8 Å². The number of nitrogens with zero attached hydrogens (tertiary/aromatic N) is 2. The van der Waals surface area contributed by atoms with Gasteiger partial charge in [0.2, 0.25) is 0 Å². The smallest absolute Gasteiger partial charge is 0.214 e. The van der Waals surface area contributed by atoms with Crippen LogP contribution in [0.3, 0.4) is 0 Å². The molecule has 0 aromatic heterocycles. The molecule has 21 heavy (non-hydrogen) atoms. The van der Waals surface area contributed by atoms with Crippen LogP contribution in [0.15, 0.2) is 41.7 Å². The molecule has 0 saturated carbocycles. The number of hydrogen-bond donors (Lipinski definition) is 1. The number of amidine groups is 1. The van der Waals surface area contributed by atoms with E-state index in [-0.39, 0.29) is 0 Å². The summed E-state index contributed by atoms with van der Waals surface area (Å²) < 4.78 is 38.3. The molecule has 3 rings (SSSR count). The molecule has 110 valence electrons. The summed E-state index contributed by atoms with van der Waals surface area (Å²) in [6, 6.07) is 7.38. The molecule has 1 aromatic rings. The third-order valence-corrected chi connectivity index (χ3v) is 3.84. The molecule has 0 unspecified atom stereocenters. The largest absolute Gasteiger partial charge is 0.367 e. The molecule has 2 heterocycles. The average molecular weight is 329 g/mol. The molecule has 0 aliphatic carbocycles. The van der Waals surface area contributed by atoms with Gasteiger partial charge in [0, 0.05) is 0 Å². The van der Waals surface area contributed by atoms with Gasteiger partial charge in [0.05, 0.1) is 10.3 Å². The van der Waals surface area contributed by atoms with Gasteiger partial charge in [-0.25, -0.2) is 5.43 Å². The highest BCUT2D eigenvalue weighted by Crippen LogP contribution is 2.24. The topological polar surface area (TPSA) is 96.7 Å². The van der Waals surface area contributed by atoms with Gasteiger partial charge in [-0.15, -0.1) is 16.8 Å². The van der Waals surface area contributed by atoms with E-state index < -0.39 is 10.2 Å². The monoisotopic (exact) mass is 328 g/mol. The minimum Gasteiger partial charge on any atom is -0.214 e. The number of rotatable bonds is 3. The molecule has 0 atom stereocenters. The Kier molecular flexibility index (Phi) is 3.56. The van der Waals surface area contributed by atoms with Crippen molar-refractivity contribution in [2.45, 2.75) is 0 Å². The van der Waals surface area contributed by atoms with Crippen LogP contribution < -0.4 is 19.4 Å². The minimum atomic E-state index is -4.60. The van der Waals surface area contributed by atoms with E-state index in [1.165, 1.54) is 18.0 Å². The second-order valence-electron chi connectivity index (χ2n) is 4.18. The Balaban J connectivity index is 2.16. The van der Waals surface area contributed by atoms with Crippen LogP contribution in [0.25, 0.3) is 6.08 Å². The van der Waals surface area contributed by atoms with Gasteiger partial charge in [-0.2, -0.15) is 14.0 Å². The van der Waals surface area contributed by atoms with Gasteiger partial charge in [-0.1, -0.05) is 18.2 Å². The summed E-state index contributed by atoms with van der Waals surface area (Å²) in [4.78, 5) is 0. The van der Waals surface area contributed by atoms with Crippen LogP contribution in [-0.2, 0) is 4.39 Å². The van der Waals surface area contributed by atoms with Crippen molar-refractivity contribution in [2.75, 3.05) is 6.26 Å². The van der Waals surface area contributed by atoms with E-state index in [4.69, 9.17) is 0 Å². The van der Waals surface area contributed by atoms with Crippen LogP contribution in [-0.4, -0.2) is 21.8 Å². The highest BCUT2D eigenvalue weighted by Gasteiger charge is 2.40. The lowest BCUT2D eigenvalue weighted by Gasteiger charge is -2.24. The van der Waals surface area contributed by atoms with Crippen LogP contribution in [0.1, 0.15) is 11.1 Å². The summed E-state index contributed by atoms with van der Waals surface area (Å²) in [6.45, 7) is 0. The zero-order valence-corrected chi connectivity index (χ0v) is 12.4. The van der Waals surface area contributed by atoms with Gasteiger partial charge in [0.25, 0.3) is 0 Å². The fourth-order valence-corrected chi connectivity index (χ4v) is 2.75. The Labute approximate surface area is 127 Å². The summed E-state index contributed by atoms with van der Waals surface area (Å²) in [5.74, 6) is 0.401. The first-order chi connectivity index (χ1) is 9.98. The molecule has 2 aliphatic heterocycles. The normalized spacial score (nSPS) is 17.0. The standard InChI is InChI=1S/C12H11ClN3O4S/c1-21-11-8-16(20-13(17,18)19)12-10-5-3-2-4-9(10)6-7-15(12)14-11/h2-8,14H,1H3/q+1. The lowest BCUT2D eigenvalue weighted by Crippen LogP contribution is -2.63. The van der Waals surface area contributed by atoms with E-state index in [1.54, 1.807) is 11.2 Å². The molecular formula is C12H11ClN3O4S+. The molecule has 7 nitrogen and oxygen atoms in total. The van der Waals surface area contributed by atoms with Crippen molar-refractivity contribution in [3.63, 3.8) is 0 Å². The Bertz CT molecular complexity index is 669.